The maximum absolute atomic E-state index is 9.57. The number of anilines is 2. The molecule has 0 saturated carbocycles. The van der Waals surface area contributed by atoms with E-state index in [1.807, 2.05) is 6.92 Å². The highest BCUT2D eigenvalue weighted by atomic mass is 35.5. The van der Waals surface area contributed by atoms with Gasteiger partial charge in [0.25, 0.3) is 0 Å². The van der Waals surface area contributed by atoms with E-state index >= 15 is 0 Å². The Kier molecular flexibility index (Phi) is 4.19. The highest BCUT2D eigenvalue weighted by molar-refractivity contribution is 6.28. The van der Waals surface area contributed by atoms with E-state index in [4.69, 9.17) is 11.6 Å². The first-order valence-electron chi connectivity index (χ1n) is 6.12. The predicted octanol–water partition coefficient (Wildman–Crippen LogP) is 1.16. The highest BCUT2D eigenvalue weighted by Gasteiger charge is 2.24. The Morgan fingerprint density at radius 2 is 2.00 bits per heavy atom. The van der Waals surface area contributed by atoms with Crippen LogP contribution in [0.15, 0.2) is 0 Å². The molecule has 0 aliphatic carbocycles. The number of piperidine rings is 1. The lowest BCUT2D eigenvalue weighted by molar-refractivity contribution is 0.109. The van der Waals surface area contributed by atoms with Crippen molar-refractivity contribution in [2.24, 2.45) is 5.92 Å². The Labute approximate surface area is 111 Å². The second-order valence-electron chi connectivity index (χ2n) is 4.54. The number of aliphatic hydroxyl groups excluding tert-OH is 1. The molecule has 1 aliphatic rings. The zero-order valence-electron chi connectivity index (χ0n) is 10.6. The first-order chi connectivity index (χ1) is 8.60. The topological polar surface area (TPSA) is 74.2 Å². The molecular formula is C11H18ClN5O. The van der Waals surface area contributed by atoms with Crippen molar-refractivity contribution in [1.82, 2.24) is 15.0 Å². The smallest absolute Gasteiger partial charge is 0.231 e. The number of nitrogens with one attached hydrogen (secondary N) is 1. The quantitative estimate of drug-likeness (QED) is 0.860. The number of nitrogens with zero attached hydrogens (tertiary/aromatic N) is 4. The summed E-state index contributed by atoms with van der Waals surface area (Å²) in [6.07, 6.45) is 1.63. The van der Waals surface area contributed by atoms with E-state index in [9.17, 15) is 5.11 Å². The van der Waals surface area contributed by atoms with E-state index in [2.05, 4.69) is 25.2 Å². The third-order valence-electron chi connectivity index (χ3n) is 3.32. The third kappa shape index (κ3) is 3.00. The largest absolute Gasteiger partial charge is 0.393 e. The second-order valence-corrected chi connectivity index (χ2v) is 4.88. The van der Waals surface area contributed by atoms with Gasteiger partial charge in [0.1, 0.15) is 0 Å². The van der Waals surface area contributed by atoms with Gasteiger partial charge in [-0.05, 0) is 37.3 Å². The van der Waals surface area contributed by atoms with Crippen LogP contribution in [0.25, 0.3) is 0 Å². The SMILES string of the molecule is CNc1nc(Cl)nc(N2CCC(C(C)O)CC2)n1. The molecule has 1 aliphatic heterocycles. The third-order valence-corrected chi connectivity index (χ3v) is 3.49. The number of rotatable bonds is 3. The molecule has 1 fully saturated rings. The molecule has 0 amide bonds. The summed E-state index contributed by atoms with van der Waals surface area (Å²) in [5, 5.41) is 12.6. The van der Waals surface area contributed by atoms with Gasteiger partial charge in [-0.1, -0.05) is 0 Å². The van der Waals surface area contributed by atoms with Gasteiger partial charge < -0.3 is 15.3 Å². The minimum Gasteiger partial charge on any atom is -0.393 e. The molecule has 1 saturated heterocycles. The number of aliphatic hydroxyl groups is 1. The van der Waals surface area contributed by atoms with Crippen LogP contribution >= 0.6 is 11.6 Å². The molecule has 0 bridgehead atoms. The standard InChI is InChI=1S/C11H18ClN5O/c1-7(18)8-3-5-17(6-4-8)11-15-9(12)14-10(13-2)16-11/h7-8,18H,3-6H2,1-2H3,(H,13,14,15,16). The fourth-order valence-corrected chi connectivity index (χ4v) is 2.33. The van der Waals surface area contributed by atoms with E-state index in [0.717, 1.165) is 25.9 Å². The van der Waals surface area contributed by atoms with Crippen LogP contribution in [0.5, 0.6) is 0 Å². The van der Waals surface area contributed by atoms with Crippen molar-refractivity contribution in [2.75, 3.05) is 30.4 Å². The van der Waals surface area contributed by atoms with Crippen LogP contribution in [0.2, 0.25) is 5.28 Å². The van der Waals surface area contributed by atoms with E-state index in [-0.39, 0.29) is 11.4 Å². The van der Waals surface area contributed by atoms with E-state index in [1.54, 1.807) is 7.05 Å². The lowest BCUT2D eigenvalue weighted by Gasteiger charge is -2.33. The summed E-state index contributed by atoms with van der Waals surface area (Å²) in [6, 6.07) is 0. The normalized spacial score (nSPS) is 18.8. The Balaban J connectivity index is 2.07. The van der Waals surface area contributed by atoms with Gasteiger partial charge in [-0.2, -0.15) is 15.0 Å². The summed E-state index contributed by atoms with van der Waals surface area (Å²) < 4.78 is 0. The summed E-state index contributed by atoms with van der Waals surface area (Å²) in [4.78, 5) is 14.5. The number of aromatic nitrogens is 3. The highest BCUT2D eigenvalue weighted by Crippen LogP contribution is 2.24. The van der Waals surface area contributed by atoms with Crippen molar-refractivity contribution in [2.45, 2.75) is 25.9 Å². The van der Waals surface area contributed by atoms with Crippen molar-refractivity contribution in [3.63, 3.8) is 0 Å². The molecule has 100 valence electrons. The van der Waals surface area contributed by atoms with Crippen LogP contribution in [-0.4, -0.2) is 46.3 Å². The molecule has 6 nitrogen and oxygen atoms in total. The molecule has 1 atom stereocenters. The minimum atomic E-state index is -0.248. The Morgan fingerprint density at radius 3 is 2.56 bits per heavy atom. The van der Waals surface area contributed by atoms with Crippen LogP contribution < -0.4 is 10.2 Å². The van der Waals surface area contributed by atoms with Crippen LogP contribution in [0, 0.1) is 5.92 Å². The monoisotopic (exact) mass is 271 g/mol. The fourth-order valence-electron chi connectivity index (χ4n) is 2.17. The maximum Gasteiger partial charge on any atom is 0.231 e. The van der Waals surface area contributed by atoms with E-state index < -0.39 is 0 Å². The molecule has 2 rings (SSSR count). The van der Waals surface area contributed by atoms with Gasteiger partial charge >= 0.3 is 0 Å². The number of hydrogen-bond acceptors (Lipinski definition) is 6. The zero-order chi connectivity index (χ0) is 13.1. The average Bonchev–Trinajstić information content (AvgIpc) is 2.38. The van der Waals surface area contributed by atoms with Crippen LogP contribution in [-0.2, 0) is 0 Å². The van der Waals surface area contributed by atoms with Crippen LogP contribution in [0.1, 0.15) is 19.8 Å². The molecule has 1 aromatic heterocycles. The Hall–Kier alpha value is -1.14. The molecule has 7 heteroatoms. The molecule has 2 heterocycles. The molecular weight excluding hydrogens is 254 g/mol. The number of halogens is 1. The van der Waals surface area contributed by atoms with Gasteiger partial charge in [-0.15, -0.1) is 0 Å². The van der Waals surface area contributed by atoms with E-state index in [1.165, 1.54) is 0 Å². The predicted molar refractivity (Wildman–Crippen MR) is 71.0 cm³/mol. The average molecular weight is 272 g/mol. The Bertz CT molecular complexity index is 406. The molecule has 18 heavy (non-hydrogen) atoms. The maximum atomic E-state index is 9.57. The summed E-state index contributed by atoms with van der Waals surface area (Å²) in [5.41, 5.74) is 0. The molecule has 0 spiro atoms. The van der Waals surface area contributed by atoms with Gasteiger partial charge in [0, 0.05) is 20.1 Å². The summed E-state index contributed by atoms with van der Waals surface area (Å²) >= 11 is 5.86. The summed E-state index contributed by atoms with van der Waals surface area (Å²) in [5.74, 6) is 1.44. The lowest BCUT2D eigenvalue weighted by atomic mass is 9.92. The van der Waals surface area contributed by atoms with Crippen molar-refractivity contribution >= 4 is 23.5 Å². The lowest BCUT2D eigenvalue weighted by Crippen LogP contribution is -2.38. The molecule has 1 aromatic rings. The van der Waals surface area contributed by atoms with Crippen molar-refractivity contribution in [3.8, 4) is 0 Å². The van der Waals surface area contributed by atoms with Crippen molar-refractivity contribution < 1.29 is 5.11 Å². The molecule has 0 aromatic carbocycles. The first kappa shape index (κ1) is 13.3. The molecule has 1 unspecified atom stereocenters. The summed E-state index contributed by atoms with van der Waals surface area (Å²) in [6.45, 7) is 3.51. The van der Waals surface area contributed by atoms with Gasteiger partial charge in [0.2, 0.25) is 17.2 Å². The van der Waals surface area contributed by atoms with E-state index in [0.29, 0.717) is 17.8 Å². The van der Waals surface area contributed by atoms with Gasteiger partial charge in [-0.25, -0.2) is 0 Å². The first-order valence-corrected chi connectivity index (χ1v) is 6.50. The van der Waals surface area contributed by atoms with Crippen molar-refractivity contribution in [3.05, 3.63) is 5.28 Å². The van der Waals surface area contributed by atoms with Gasteiger partial charge in [-0.3, -0.25) is 0 Å². The Morgan fingerprint density at radius 1 is 1.33 bits per heavy atom. The fraction of sp³-hybridized carbons (Fsp3) is 0.727. The summed E-state index contributed by atoms with van der Waals surface area (Å²) in [7, 11) is 1.75. The zero-order valence-corrected chi connectivity index (χ0v) is 11.4. The minimum absolute atomic E-state index is 0.196. The van der Waals surface area contributed by atoms with Crippen molar-refractivity contribution in [1.29, 1.82) is 0 Å². The number of hydrogen-bond donors (Lipinski definition) is 2. The molecule has 0 radical (unpaired) electrons. The van der Waals surface area contributed by atoms with Crippen LogP contribution in [0.4, 0.5) is 11.9 Å². The van der Waals surface area contributed by atoms with Gasteiger partial charge in [0.05, 0.1) is 6.10 Å². The molecule has 2 N–H and O–H groups in total. The van der Waals surface area contributed by atoms with Crippen LogP contribution in [0.3, 0.4) is 0 Å². The van der Waals surface area contributed by atoms with Gasteiger partial charge in [0.15, 0.2) is 0 Å². The second kappa shape index (κ2) is 5.67.